The summed E-state index contributed by atoms with van der Waals surface area (Å²) in [5.41, 5.74) is 0. The molecule has 0 amide bonds. The first-order valence-electron chi connectivity index (χ1n) is 6.97. The lowest BCUT2D eigenvalue weighted by Gasteiger charge is -2.51. The number of hydrogen-bond acceptors (Lipinski definition) is 1. The fraction of sp³-hybridized carbons (Fsp3) is 0.929. The Bertz CT molecular complexity index is 264. The zero-order chi connectivity index (χ0) is 11.4. The highest BCUT2D eigenvalue weighted by atomic mass is 15.4. The maximum Gasteiger partial charge on any atom is 0.0916 e. The minimum absolute atomic E-state index is 0.757. The molecule has 2 nitrogen and oxygen atoms in total. The van der Waals surface area contributed by atoms with Gasteiger partial charge in [-0.2, -0.15) is 5.26 Å². The molecule has 16 heavy (non-hydrogen) atoms. The van der Waals surface area contributed by atoms with Crippen molar-refractivity contribution in [3.8, 4) is 6.07 Å². The molecule has 0 aromatic carbocycles. The van der Waals surface area contributed by atoms with Gasteiger partial charge in [0.15, 0.2) is 0 Å². The Hall–Kier alpha value is -0.550. The van der Waals surface area contributed by atoms with Crippen LogP contribution in [0.1, 0.15) is 51.4 Å². The van der Waals surface area contributed by atoms with Crippen molar-refractivity contribution < 1.29 is 4.48 Å². The molecule has 0 bridgehead atoms. The summed E-state index contributed by atoms with van der Waals surface area (Å²) in [6.45, 7) is 2.80. The maximum absolute atomic E-state index is 8.62. The zero-order valence-corrected chi connectivity index (χ0v) is 10.6. The number of nitriles is 1. The van der Waals surface area contributed by atoms with Crippen molar-refractivity contribution in [3.05, 3.63) is 0 Å². The third-order valence-electron chi connectivity index (χ3n) is 4.87. The third kappa shape index (κ3) is 2.40. The van der Waals surface area contributed by atoms with Crippen molar-refractivity contribution in [1.29, 1.82) is 5.26 Å². The lowest BCUT2D eigenvalue weighted by molar-refractivity contribution is -0.947. The topological polar surface area (TPSA) is 23.8 Å². The molecule has 3 atom stereocenters. The SMILES string of the molecule is C[N@@+]12CCCC[C@H]1[C@@H](CCCC#N)CCC2. The fourth-order valence-electron chi connectivity index (χ4n) is 4.01. The van der Waals surface area contributed by atoms with Crippen molar-refractivity contribution in [2.45, 2.75) is 57.4 Å². The summed E-state index contributed by atoms with van der Waals surface area (Å²) in [5.74, 6) is 0.910. The quantitative estimate of drug-likeness (QED) is 0.531. The number of unbranched alkanes of at least 4 members (excludes halogenated alkanes) is 1. The van der Waals surface area contributed by atoms with Crippen LogP contribution in [0, 0.1) is 17.2 Å². The predicted molar refractivity (Wildman–Crippen MR) is 65.7 cm³/mol. The summed E-state index contributed by atoms with van der Waals surface area (Å²) >= 11 is 0. The molecular formula is C14H25N2+. The minimum atomic E-state index is 0.757. The molecule has 0 radical (unpaired) electrons. The van der Waals surface area contributed by atoms with Gasteiger partial charge in [0.25, 0.3) is 0 Å². The van der Waals surface area contributed by atoms with Gasteiger partial charge in [0, 0.05) is 12.3 Å². The van der Waals surface area contributed by atoms with E-state index in [1.807, 2.05) is 0 Å². The Labute approximate surface area is 99.8 Å². The Balaban J connectivity index is 1.94. The van der Waals surface area contributed by atoms with Gasteiger partial charge in [-0.15, -0.1) is 0 Å². The van der Waals surface area contributed by atoms with Gasteiger partial charge in [-0.1, -0.05) is 0 Å². The van der Waals surface area contributed by atoms with Gasteiger partial charge >= 0.3 is 0 Å². The molecule has 2 heterocycles. The van der Waals surface area contributed by atoms with E-state index in [1.165, 1.54) is 56.1 Å². The highest BCUT2D eigenvalue weighted by Gasteiger charge is 2.42. The molecule has 0 aliphatic carbocycles. The minimum Gasteiger partial charge on any atom is -0.323 e. The van der Waals surface area contributed by atoms with Crippen molar-refractivity contribution in [3.63, 3.8) is 0 Å². The van der Waals surface area contributed by atoms with Crippen LogP contribution in [0.5, 0.6) is 0 Å². The van der Waals surface area contributed by atoms with Crippen LogP contribution in [0.4, 0.5) is 0 Å². The smallest absolute Gasteiger partial charge is 0.0916 e. The molecule has 2 aliphatic heterocycles. The number of quaternary nitrogens is 1. The number of rotatable bonds is 3. The molecule has 2 saturated heterocycles. The molecule has 0 saturated carbocycles. The van der Waals surface area contributed by atoms with E-state index in [1.54, 1.807) is 0 Å². The summed E-state index contributed by atoms with van der Waals surface area (Å²) < 4.78 is 1.34. The van der Waals surface area contributed by atoms with E-state index in [9.17, 15) is 0 Å². The van der Waals surface area contributed by atoms with Crippen LogP contribution in [-0.2, 0) is 0 Å². The average molecular weight is 221 g/mol. The van der Waals surface area contributed by atoms with Gasteiger partial charge in [-0.25, -0.2) is 0 Å². The predicted octanol–water partition coefficient (Wildman–Crippen LogP) is 3.09. The van der Waals surface area contributed by atoms with Crippen molar-refractivity contribution in [2.24, 2.45) is 5.92 Å². The fourth-order valence-corrected chi connectivity index (χ4v) is 4.01. The van der Waals surface area contributed by atoms with E-state index >= 15 is 0 Å². The van der Waals surface area contributed by atoms with Crippen molar-refractivity contribution >= 4 is 0 Å². The van der Waals surface area contributed by atoms with Crippen LogP contribution in [0.15, 0.2) is 0 Å². The van der Waals surface area contributed by atoms with E-state index in [-0.39, 0.29) is 0 Å². The number of nitrogens with zero attached hydrogens (tertiary/aromatic N) is 2. The Morgan fingerprint density at radius 2 is 2.00 bits per heavy atom. The number of hydrogen-bond donors (Lipinski definition) is 0. The van der Waals surface area contributed by atoms with Crippen LogP contribution in [-0.4, -0.2) is 30.7 Å². The van der Waals surface area contributed by atoms with E-state index in [0.717, 1.165) is 24.8 Å². The van der Waals surface area contributed by atoms with Crippen LogP contribution in [0.3, 0.4) is 0 Å². The lowest BCUT2D eigenvalue weighted by Crippen LogP contribution is -2.60. The highest BCUT2D eigenvalue weighted by Crippen LogP contribution is 2.38. The maximum atomic E-state index is 8.62. The molecule has 0 aromatic rings. The first kappa shape index (κ1) is 11.9. The van der Waals surface area contributed by atoms with E-state index < -0.39 is 0 Å². The van der Waals surface area contributed by atoms with E-state index in [4.69, 9.17) is 5.26 Å². The summed E-state index contributed by atoms with van der Waals surface area (Å²) in [7, 11) is 2.47. The number of piperidine rings is 2. The molecule has 0 unspecified atom stereocenters. The van der Waals surface area contributed by atoms with E-state index in [0.29, 0.717) is 0 Å². The van der Waals surface area contributed by atoms with Crippen LogP contribution in [0.25, 0.3) is 0 Å². The van der Waals surface area contributed by atoms with Crippen LogP contribution in [0.2, 0.25) is 0 Å². The summed E-state index contributed by atoms with van der Waals surface area (Å²) in [6.07, 6.45) is 10.3. The average Bonchev–Trinajstić information content (AvgIpc) is 2.29. The summed E-state index contributed by atoms with van der Waals surface area (Å²) in [5, 5.41) is 8.62. The zero-order valence-electron chi connectivity index (χ0n) is 10.6. The van der Waals surface area contributed by atoms with Crippen LogP contribution < -0.4 is 0 Å². The van der Waals surface area contributed by atoms with E-state index in [2.05, 4.69) is 13.1 Å². The first-order chi connectivity index (χ1) is 7.76. The Morgan fingerprint density at radius 1 is 1.19 bits per heavy atom. The first-order valence-corrected chi connectivity index (χ1v) is 6.97. The van der Waals surface area contributed by atoms with Gasteiger partial charge in [-0.3, -0.25) is 0 Å². The largest absolute Gasteiger partial charge is 0.323 e. The lowest BCUT2D eigenvalue weighted by atomic mass is 9.79. The normalized spacial score (nSPS) is 38.8. The summed E-state index contributed by atoms with van der Waals surface area (Å²) in [4.78, 5) is 0. The van der Waals surface area contributed by atoms with Gasteiger partial charge < -0.3 is 4.48 Å². The summed E-state index contributed by atoms with van der Waals surface area (Å²) in [6, 6.07) is 3.20. The molecule has 0 spiro atoms. The molecule has 2 rings (SSSR count). The molecule has 0 aromatic heterocycles. The van der Waals surface area contributed by atoms with Gasteiger partial charge in [0.2, 0.25) is 0 Å². The highest BCUT2D eigenvalue weighted by molar-refractivity contribution is 4.80. The third-order valence-corrected chi connectivity index (χ3v) is 4.87. The van der Waals surface area contributed by atoms with Crippen molar-refractivity contribution in [1.82, 2.24) is 0 Å². The van der Waals surface area contributed by atoms with Gasteiger partial charge in [0.1, 0.15) is 0 Å². The molecule has 90 valence electrons. The molecule has 2 aliphatic rings. The van der Waals surface area contributed by atoms with Crippen molar-refractivity contribution in [2.75, 3.05) is 20.1 Å². The standard InChI is InChI=1S/C14H25N2/c1-16-11-5-3-9-14(16)13(8-6-12-16)7-2-4-10-15/h13-14H,2-9,11-12H2,1H3/q+1/t13-,14-,16-/m0/s1. The second kappa shape index (κ2) is 5.19. The van der Waals surface area contributed by atoms with Gasteiger partial charge in [0.05, 0.1) is 32.2 Å². The molecule has 2 heteroatoms. The van der Waals surface area contributed by atoms with Crippen LogP contribution >= 0.6 is 0 Å². The monoisotopic (exact) mass is 221 g/mol. The Morgan fingerprint density at radius 3 is 2.81 bits per heavy atom. The molecule has 2 fully saturated rings. The number of fused-ring (bicyclic) bond motifs is 1. The molecule has 0 N–H and O–H groups in total. The van der Waals surface area contributed by atoms with Gasteiger partial charge in [-0.05, 0) is 44.9 Å². The second-order valence-electron chi connectivity index (χ2n) is 5.94. The Kier molecular flexibility index (Phi) is 3.86. The molecular weight excluding hydrogens is 196 g/mol. The second-order valence-corrected chi connectivity index (χ2v) is 5.94.